The highest BCUT2D eigenvalue weighted by molar-refractivity contribution is 5.76. The van der Waals surface area contributed by atoms with Crippen molar-refractivity contribution in [2.75, 3.05) is 13.1 Å². The molecule has 0 radical (unpaired) electrons. The number of nitrogens with zero attached hydrogens (tertiary/aromatic N) is 1. The molecule has 2 N–H and O–H groups in total. The summed E-state index contributed by atoms with van der Waals surface area (Å²) in [7, 11) is 0. The minimum absolute atomic E-state index is 0.451. The van der Waals surface area contributed by atoms with Crippen LogP contribution in [0.15, 0.2) is 18.2 Å². The van der Waals surface area contributed by atoms with E-state index in [0.717, 1.165) is 37.5 Å². The number of aromatic amines is 1. The van der Waals surface area contributed by atoms with Gasteiger partial charge in [-0.25, -0.2) is 4.98 Å². The average Bonchev–Trinajstić information content (AvgIpc) is 2.63. The minimum Gasteiger partial charge on any atom is -0.342 e. The van der Waals surface area contributed by atoms with Gasteiger partial charge < -0.3 is 10.3 Å². The lowest BCUT2D eigenvalue weighted by atomic mass is 9.99. The van der Waals surface area contributed by atoms with Crippen LogP contribution < -0.4 is 5.32 Å². The fourth-order valence-electron chi connectivity index (χ4n) is 2.10. The summed E-state index contributed by atoms with van der Waals surface area (Å²) in [4.78, 5) is 7.28. The molecule has 0 unspecified atom stereocenters. The van der Waals surface area contributed by atoms with Crippen LogP contribution in [0.25, 0.3) is 11.0 Å². The molecule has 3 nitrogen and oxygen atoms in total. The van der Waals surface area contributed by atoms with Gasteiger partial charge in [0.15, 0.2) is 0 Å². The van der Waals surface area contributed by atoms with Gasteiger partial charge in [-0.15, -0.1) is 0 Å². The van der Waals surface area contributed by atoms with Crippen molar-refractivity contribution in [3.8, 4) is 0 Å². The maximum absolute atomic E-state index is 12.6. The highest BCUT2D eigenvalue weighted by Crippen LogP contribution is 2.31. The average molecular weight is 255 g/mol. The zero-order valence-corrected chi connectivity index (χ0v) is 9.51. The largest absolute Gasteiger partial charge is 0.416 e. The first-order chi connectivity index (χ1) is 8.52. The van der Waals surface area contributed by atoms with E-state index in [9.17, 15) is 13.2 Å². The van der Waals surface area contributed by atoms with E-state index in [1.165, 1.54) is 6.07 Å². The van der Waals surface area contributed by atoms with E-state index >= 15 is 0 Å². The van der Waals surface area contributed by atoms with E-state index < -0.39 is 11.7 Å². The summed E-state index contributed by atoms with van der Waals surface area (Å²) < 4.78 is 37.7. The summed E-state index contributed by atoms with van der Waals surface area (Å²) in [5.74, 6) is 1.29. The number of benzene rings is 1. The molecule has 0 atom stereocenters. The Bertz CT molecular complexity index is 569. The van der Waals surface area contributed by atoms with Crippen molar-refractivity contribution in [2.45, 2.75) is 12.6 Å². The monoisotopic (exact) mass is 255 g/mol. The Morgan fingerprint density at radius 2 is 2.06 bits per heavy atom. The zero-order valence-electron chi connectivity index (χ0n) is 9.51. The highest BCUT2D eigenvalue weighted by atomic mass is 19.4. The molecule has 18 heavy (non-hydrogen) atoms. The summed E-state index contributed by atoms with van der Waals surface area (Å²) in [6.07, 6.45) is -3.53. The predicted molar refractivity (Wildman–Crippen MR) is 61.2 cm³/mol. The number of halogens is 3. The molecule has 1 fully saturated rings. The number of H-pyrrole nitrogens is 1. The summed E-state index contributed by atoms with van der Waals surface area (Å²) in [6, 6.07) is 3.60. The lowest BCUT2D eigenvalue weighted by Crippen LogP contribution is -2.43. The number of rotatable bonds is 2. The first-order valence-electron chi connectivity index (χ1n) is 5.79. The molecule has 1 aliphatic heterocycles. The van der Waals surface area contributed by atoms with Gasteiger partial charge in [-0.2, -0.15) is 13.2 Å². The van der Waals surface area contributed by atoms with Gasteiger partial charge in [-0.3, -0.25) is 0 Å². The van der Waals surface area contributed by atoms with Crippen molar-refractivity contribution >= 4 is 11.0 Å². The number of hydrogen-bond acceptors (Lipinski definition) is 2. The number of imidazole rings is 1. The first-order valence-corrected chi connectivity index (χ1v) is 5.79. The molecular formula is C12H12F3N3. The van der Waals surface area contributed by atoms with Crippen LogP contribution in [0.4, 0.5) is 13.2 Å². The molecule has 3 rings (SSSR count). The van der Waals surface area contributed by atoms with E-state index in [4.69, 9.17) is 0 Å². The lowest BCUT2D eigenvalue weighted by molar-refractivity contribution is -0.137. The molecule has 0 spiro atoms. The Hall–Kier alpha value is -1.56. The zero-order chi connectivity index (χ0) is 12.8. The van der Waals surface area contributed by atoms with E-state index in [2.05, 4.69) is 15.3 Å². The van der Waals surface area contributed by atoms with Crippen LogP contribution in [0.2, 0.25) is 0 Å². The smallest absolute Gasteiger partial charge is 0.342 e. The Kier molecular flexibility index (Phi) is 2.55. The fraction of sp³-hybridized carbons (Fsp3) is 0.417. The normalized spacial score (nSPS) is 17.1. The predicted octanol–water partition coefficient (Wildman–Crippen LogP) is 2.34. The summed E-state index contributed by atoms with van der Waals surface area (Å²) in [6.45, 7) is 1.90. The van der Waals surface area contributed by atoms with Gasteiger partial charge in [-0.05, 0) is 37.2 Å². The SMILES string of the molecule is FC(F)(F)c1ccc2nc(CC3CNC3)[nH]c2c1. The molecule has 1 aromatic carbocycles. The Morgan fingerprint density at radius 3 is 2.67 bits per heavy atom. The Balaban J connectivity index is 1.91. The Morgan fingerprint density at radius 1 is 1.28 bits per heavy atom. The number of fused-ring (bicyclic) bond motifs is 1. The van der Waals surface area contributed by atoms with E-state index in [0.29, 0.717) is 17.0 Å². The lowest BCUT2D eigenvalue weighted by Gasteiger charge is -2.25. The molecule has 2 aromatic rings. The van der Waals surface area contributed by atoms with Crippen molar-refractivity contribution in [3.05, 3.63) is 29.6 Å². The van der Waals surface area contributed by atoms with Gasteiger partial charge in [-0.1, -0.05) is 0 Å². The second kappa shape index (κ2) is 3.98. The van der Waals surface area contributed by atoms with Crippen LogP contribution >= 0.6 is 0 Å². The molecule has 1 aromatic heterocycles. The topological polar surface area (TPSA) is 40.7 Å². The third kappa shape index (κ3) is 2.08. The van der Waals surface area contributed by atoms with Gasteiger partial charge in [0.25, 0.3) is 0 Å². The molecular weight excluding hydrogens is 243 g/mol. The number of nitrogens with one attached hydrogen (secondary N) is 2. The van der Waals surface area contributed by atoms with Crippen molar-refractivity contribution in [1.82, 2.24) is 15.3 Å². The van der Waals surface area contributed by atoms with Gasteiger partial charge in [0, 0.05) is 6.42 Å². The van der Waals surface area contributed by atoms with Crippen LogP contribution in [-0.2, 0) is 12.6 Å². The summed E-state index contributed by atoms with van der Waals surface area (Å²) >= 11 is 0. The third-order valence-electron chi connectivity index (χ3n) is 3.21. The Labute approximate surface area is 101 Å². The highest BCUT2D eigenvalue weighted by Gasteiger charge is 2.30. The van der Waals surface area contributed by atoms with Crippen LogP contribution in [-0.4, -0.2) is 23.1 Å². The summed E-state index contributed by atoms with van der Waals surface area (Å²) in [5, 5.41) is 3.15. The quantitative estimate of drug-likeness (QED) is 0.864. The number of hydrogen-bond donors (Lipinski definition) is 2. The number of alkyl halides is 3. The first kappa shape index (κ1) is 11.5. The summed E-state index contributed by atoms with van der Waals surface area (Å²) in [5.41, 5.74) is 0.396. The van der Waals surface area contributed by atoms with Crippen LogP contribution in [0, 0.1) is 5.92 Å². The maximum Gasteiger partial charge on any atom is 0.416 e. The van der Waals surface area contributed by atoms with Crippen molar-refractivity contribution in [1.29, 1.82) is 0 Å². The molecule has 0 bridgehead atoms. The third-order valence-corrected chi connectivity index (χ3v) is 3.21. The second-order valence-corrected chi connectivity index (χ2v) is 4.64. The van der Waals surface area contributed by atoms with Crippen LogP contribution in [0.3, 0.4) is 0 Å². The molecule has 1 saturated heterocycles. The molecule has 96 valence electrons. The van der Waals surface area contributed by atoms with Gasteiger partial charge in [0.05, 0.1) is 16.6 Å². The van der Waals surface area contributed by atoms with Crippen molar-refractivity contribution in [2.24, 2.45) is 5.92 Å². The van der Waals surface area contributed by atoms with Crippen molar-refractivity contribution in [3.63, 3.8) is 0 Å². The molecule has 1 aliphatic rings. The minimum atomic E-state index is -4.31. The standard InChI is InChI=1S/C12H12F3N3/c13-12(14,15)8-1-2-9-10(4-8)18-11(17-9)3-7-5-16-6-7/h1-2,4,7,16H,3,5-6H2,(H,17,18). The number of aromatic nitrogens is 2. The molecule has 2 heterocycles. The van der Waals surface area contributed by atoms with Gasteiger partial charge in [0.1, 0.15) is 5.82 Å². The fourth-order valence-corrected chi connectivity index (χ4v) is 2.10. The van der Waals surface area contributed by atoms with E-state index in [1.807, 2.05) is 0 Å². The molecule has 0 saturated carbocycles. The molecule has 0 amide bonds. The maximum atomic E-state index is 12.6. The van der Waals surface area contributed by atoms with Gasteiger partial charge >= 0.3 is 6.18 Å². The van der Waals surface area contributed by atoms with Crippen LogP contribution in [0.1, 0.15) is 11.4 Å². The van der Waals surface area contributed by atoms with Crippen molar-refractivity contribution < 1.29 is 13.2 Å². The second-order valence-electron chi connectivity index (χ2n) is 4.64. The molecule has 0 aliphatic carbocycles. The van der Waals surface area contributed by atoms with Gasteiger partial charge in [0.2, 0.25) is 0 Å². The van der Waals surface area contributed by atoms with Crippen LogP contribution in [0.5, 0.6) is 0 Å². The molecule has 6 heteroatoms. The van der Waals surface area contributed by atoms with E-state index in [-0.39, 0.29) is 0 Å². The van der Waals surface area contributed by atoms with E-state index in [1.54, 1.807) is 0 Å².